The van der Waals surface area contributed by atoms with Crippen LogP contribution in [0.15, 0.2) is 59.1 Å². The maximum absolute atomic E-state index is 12.2. The van der Waals surface area contributed by atoms with E-state index < -0.39 is 0 Å². The van der Waals surface area contributed by atoms with E-state index in [4.69, 9.17) is 4.52 Å². The Bertz CT molecular complexity index is 994. The van der Waals surface area contributed by atoms with E-state index in [9.17, 15) is 4.79 Å². The normalized spacial score (nSPS) is 10.8. The second-order valence-corrected chi connectivity index (χ2v) is 5.73. The van der Waals surface area contributed by atoms with Gasteiger partial charge in [0.15, 0.2) is 5.76 Å². The molecule has 2 aromatic heterocycles. The minimum atomic E-state index is -0.186. The van der Waals surface area contributed by atoms with Gasteiger partial charge in [-0.3, -0.25) is 4.79 Å². The molecule has 0 aliphatic rings. The molecule has 2 aromatic carbocycles. The minimum Gasteiger partial charge on any atom is -0.356 e. The van der Waals surface area contributed by atoms with Crippen LogP contribution in [0, 0.1) is 0 Å². The van der Waals surface area contributed by atoms with Crippen LogP contribution >= 0.6 is 11.7 Å². The van der Waals surface area contributed by atoms with E-state index in [1.165, 1.54) is 0 Å². The van der Waals surface area contributed by atoms with Crippen LogP contribution < -0.4 is 5.32 Å². The van der Waals surface area contributed by atoms with Gasteiger partial charge in [0.2, 0.25) is 0 Å². The van der Waals surface area contributed by atoms with Crippen LogP contribution in [0.25, 0.3) is 22.4 Å². The maximum Gasteiger partial charge on any atom is 0.251 e. The number of carbonyl (C=O) groups is 1. The summed E-state index contributed by atoms with van der Waals surface area (Å²) in [5, 5.41) is 6.82. The Morgan fingerprint density at radius 1 is 1.04 bits per heavy atom. The molecule has 0 saturated heterocycles. The molecule has 0 aliphatic heterocycles. The summed E-state index contributed by atoms with van der Waals surface area (Å²) in [4.78, 5) is 12.2. The largest absolute Gasteiger partial charge is 0.356 e. The standard InChI is InChI=1S/C17H12N4O2S/c22-17(12-6-7-14-15(8-12)21-24-20-14)18-10-13-9-16(23-19-13)11-4-2-1-3-5-11/h1-9H,10H2,(H,18,22). The molecule has 1 N–H and O–H groups in total. The number of nitrogens with one attached hydrogen (secondary N) is 1. The Kier molecular flexibility index (Phi) is 3.76. The molecule has 4 aromatic rings. The molecule has 0 spiro atoms. The van der Waals surface area contributed by atoms with Crippen molar-refractivity contribution < 1.29 is 9.32 Å². The van der Waals surface area contributed by atoms with Crippen molar-refractivity contribution in [3.05, 3.63) is 65.9 Å². The quantitative estimate of drug-likeness (QED) is 0.618. The Balaban J connectivity index is 1.45. The van der Waals surface area contributed by atoms with E-state index in [-0.39, 0.29) is 5.91 Å². The first-order valence-electron chi connectivity index (χ1n) is 7.31. The molecular weight excluding hydrogens is 324 g/mol. The van der Waals surface area contributed by atoms with Crippen LogP contribution in [0.5, 0.6) is 0 Å². The third-order valence-corrected chi connectivity index (χ3v) is 4.12. The second kappa shape index (κ2) is 6.21. The lowest BCUT2D eigenvalue weighted by molar-refractivity contribution is 0.0950. The van der Waals surface area contributed by atoms with Crippen LogP contribution in [0.4, 0.5) is 0 Å². The summed E-state index contributed by atoms with van der Waals surface area (Å²) in [7, 11) is 0. The Labute approximate surface area is 141 Å². The maximum atomic E-state index is 12.2. The van der Waals surface area contributed by atoms with Gasteiger partial charge in [-0.15, -0.1) is 0 Å². The minimum absolute atomic E-state index is 0.186. The highest BCUT2D eigenvalue weighted by atomic mass is 32.1. The van der Waals surface area contributed by atoms with Gasteiger partial charge in [0.25, 0.3) is 5.91 Å². The first kappa shape index (κ1) is 14.5. The lowest BCUT2D eigenvalue weighted by Gasteiger charge is -2.02. The topological polar surface area (TPSA) is 80.9 Å². The number of hydrogen-bond donors (Lipinski definition) is 1. The highest BCUT2D eigenvalue weighted by Gasteiger charge is 2.10. The van der Waals surface area contributed by atoms with Crippen LogP contribution in [-0.4, -0.2) is 19.8 Å². The number of hydrogen-bond acceptors (Lipinski definition) is 6. The number of amides is 1. The zero-order valence-electron chi connectivity index (χ0n) is 12.5. The number of carbonyl (C=O) groups excluding carboxylic acids is 1. The molecule has 0 radical (unpaired) electrons. The Morgan fingerprint density at radius 3 is 2.75 bits per heavy atom. The van der Waals surface area contributed by atoms with Crippen molar-refractivity contribution in [1.82, 2.24) is 19.2 Å². The summed E-state index contributed by atoms with van der Waals surface area (Å²) >= 11 is 1.13. The number of nitrogens with zero attached hydrogens (tertiary/aromatic N) is 3. The number of benzene rings is 2. The molecule has 2 heterocycles. The average molecular weight is 336 g/mol. The second-order valence-electron chi connectivity index (χ2n) is 5.20. The highest BCUT2D eigenvalue weighted by molar-refractivity contribution is 7.00. The van der Waals surface area contributed by atoms with E-state index in [0.29, 0.717) is 23.6 Å². The number of aromatic nitrogens is 3. The summed E-state index contributed by atoms with van der Waals surface area (Å²) in [5.74, 6) is 0.490. The third-order valence-electron chi connectivity index (χ3n) is 3.56. The molecule has 4 rings (SSSR count). The molecule has 0 unspecified atom stereocenters. The summed E-state index contributed by atoms with van der Waals surface area (Å²) in [5.41, 5.74) is 3.67. The lowest BCUT2D eigenvalue weighted by Crippen LogP contribution is -2.22. The fourth-order valence-electron chi connectivity index (χ4n) is 2.33. The third kappa shape index (κ3) is 2.89. The van der Waals surface area contributed by atoms with E-state index in [2.05, 4.69) is 19.2 Å². The van der Waals surface area contributed by atoms with E-state index in [0.717, 1.165) is 28.3 Å². The molecule has 0 saturated carbocycles. The highest BCUT2D eigenvalue weighted by Crippen LogP contribution is 2.19. The van der Waals surface area contributed by atoms with E-state index >= 15 is 0 Å². The Hall–Kier alpha value is -3.06. The monoisotopic (exact) mass is 336 g/mol. The molecule has 118 valence electrons. The van der Waals surface area contributed by atoms with Gasteiger partial charge in [-0.05, 0) is 18.2 Å². The predicted octanol–water partition coefficient (Wildman–Crippen LogP) is 3.28. The van der Waals surface area contributed by atoms with Crippen LogP contribution in [-0.2, 0) is 6.54 Å². The summed E-state index contributed by atoms with van der Waals surface area (Å²) in [6, 6.07) is 16.8. The first-order valence-corrected chi connectivity index (χ1v) is 8.04. The van der Waals surface area contributed by atoms with E-state index in [1.807, 2.05) is 36.4 Å². The zero-order chi connectivity index (χ0) is 16.4. The molecule has 0 aliphatic carbocycles. The van der Waals surface area contributed by atoms with Crippen LogP contribution in [0.1, 0.15) is 16.1 Å². The summed E-state index contributed by atoms with van der Waals surface area (Å²) < 4.78 is 13.6. The number of fused-ring (bicyclic) bond motifs is 1. The predicted molar refractivity (Wildman–Crippen MR) is 90.5 cm³/mol. The lowest BCUT2D eigenvalue weighted by atomic mass is 10.1. The van der Waals surface area contributed by atoms with Crippen molar-refractivity contribution in [3.8, 4) is 11.3 Å². The van der Waals surface area contributed by atoms with Crippen molar-refractivity contribution in [2.24, 2.45) is 0 Å². The van der Waals surface area contributed by atoms with Gasteiger partial charge in [-0.2, -0.15) is 8.75 Å². The molecular formula is C17H12N4O2S. The fourth-order valence-corrected chi connectivity index (χ4v) is 2.85. The van der Waals surface area contributed by atoms with Crippen molar-refractivity contribution in [1.29, 1.82) is 0 Å². The van der Waals surface area contributed by atoms with E-state index in [1.54, 1.807) is 18.2 Å². The van der Waals surface area contributed by atoms with Crippen molar-refractivity contribution in [3.63, 3.8) is 0 Å². The van der Waals surface area contributed by atoms with Gasteiger partial charge in [-0.1, -0.05) is 35.5 Å². The fraction of sp³-hybridized carbons (Fsp3) is 0.0588. The molecule has 6 nitrogen and oxygen atoms in total. The SMILES string of the molecule is O=C(NCc1cc(-c2ccccc2)on1)c1ccc2nsnc2c1. The van der Waals surface area contributed by atoms with Gasteiger partial charge in [-0.25, -0.2) is 0 Å². The van der Waals surface area contributed by atoms with Gasteiger partial charge < -0.3 is 9.84 Å². The molecule has 0 fully saturated rings. The molecule has 7 heteroatoms. The van der Waals surface area contributed by atoms with Crippen LogP contribution in [0.2, 0.25) is 0 Å². The van der Waals surface area contributed by atoms with Gasteiger partial charge in [0, 0.05) is 17.2 Å². The van der Waals surface area contributed by atoms with Crippen molar-refractivity contribution >= 4 is 28.7 Å². The smallest absolute Gasteiger partial charge is 0.251 e. The first-order chi connectivity index (χ1) is 11.8. The number of rotatable bonds is 4. The van der Waals surface area contributed by atoms with Crippen molar-refractivity contribution in [2.75, 3.05) is 0 Å². The summed E-state index contributed by atoms with van der Waals surface area (Å²) in [6.45, 7) is 0.294. The molecule has 0 bridgehead atoms. The molecule has 1 amide bonds. The summed E-state index contributed by atoms with van der Waals surface area (Å²) in [6.07, 6.45) is 0. The van der Waals surface area contributed by atoms with Gasteiger partial charge in [0.05, 0.1) is 18.3 Å². The van der Waals surface area contributed by atoms with Gasteiger partial charge >= 0.3 is 0 Å². The Morgan fingerprint density at radius 2 is 1.88 bits per heavy atom. The molecule has 24 heavy (non-hydrogen) atoms. The molecule has 0 atom stereocenters. The zero-order valence-corrected chi connectivity index (χ0v) is 13.3. The van der Waals surface area contributed by atoms with Crippen LogP contribution in [0.3, 0.4) is 0 Å². The van der Waals surface area contributed by atoms with Crippen molar-refractivity contribution in [2.45, 2.75) is 6.54 Å². The average Bonchev–Trinajstić information content (AvgIpc) is 3.29. The van der Waals surface area contributed by atoms with Gasteiger partial charge in [0.1, 0.15) is 16.7 Å².